The second-order valence-electron chi connectivity index (χ2n) is 6.80. The summed E-state index contributed by atoms with van der Waals surface area (Å²) in [4.78, 5) is 20.4. The zero-order valence-electron chi connectivity index (χ0n) is 13.7. The number of hydrogen-bond acceptors (Lipinski definition) is 4. The lowest BCUT2D eigenvalue weighted by atomic mass is 10.1. The van der Waals surface area contributed by atoms with Crippen LogP contribution in [0.4, 0.5) is 10.6 Å². The number of likely N-dealkylation sites (tertiary alicyclic amines) is 1. The van der Waals surface area contributed by atoms with Crippen LogP contribution < -0.4 is 4.90 Å². The molecule has 1 aliphatic rings. The summed E-state index contributed by atoms with van der Waals surface area (Å²) in [6.07, 6.45) is 2.59. The molecule has 0 unspecified atom stereocenters. The summed E-state index contributed by atoms with van der Waals surface area (Å²) in [6.45, 7) is 8.08. The van der Waals surface area contributed by atoms with Gasteiger partial charge in [-0.25, -0.2) is 9.78 Å². The van der Waals surface area contributed by atoms with Gasteiger partial charge < -0.3 is 14.5 Å². The van der Waals surface area contributed by atoms with Gasteiger partial charge in [-0.2, -0.15) is 0 Å². The highest BCUT2D eigenvalue weighted by molar-refractivity contribution is 9.10. The predicted octanol–water partition coefficient (Wildman–Crippen LogP) is 3.54. The molecule has 1 aromatic heterocycles. The highest BCUT2D eigenvalue weighted by atomic mass is 79.9. The third-order valence-electron chi connectivity index (χ3n) is 3.57. The average Bonchev–Trinajstić information content (AvgIpc) is 2.86. The largest absolute Gasteiger partial charge is 0.444 e. The molecule has 0 bridgehead atoms. The van der Waals surface area contributed by atoms with Crippen molar-refractivity contribution in [3.05, 3.63) is 22.8 Å². The lowest BCUT2D eigenvalue weighted by Gasteiger charge is -2.25. The SMILES string of the molecule is CN(C[C@H]1CCN(C(=O)OC(C)(C)C)C1)c1ccc(Br)cn1. The molecule has 5 nitrogen and oxygen atoms in total. The lowest BCUT2D eigenvalue weighted by molar-refractivity contribution is 0.0288. The van der Waals surface area contributed by atoms with E-state index in [2.05, 4.69) is 25.8 Å². The molecular weight excluding hydrogens is 346 g/mol. The van der Waals surface area contributed by atoms with Gasteiger partial charge in [0.1, 0.15) is 11.4 Å². The number of aromatic nitrogens is 1. The summed E-state index contributed by atoms with van der Waals surface area (Å²) >= 11 is 3.39. The molecule has 22 heavy (non-hydrogen) atoms. The van der Waals surface area contributed by atoms with E-state index in [1.165, 1.54) is 0 Å². The summed E-state index contributed by atoms with van der Waals surface area (Å²) in [5.74, 6) is 1.39. The molecule has 1 aliphatic heterocycles. The minimum atomic E-state index is -0.437. The molecule has 0 saturated carbocycles. The van der Waals surface area contributed by atoms with Gasteiger partial charge in [0.25, 0.3) is 0 Å². The van der Waals surface area contributed by atoms with Gasteiger partial charge >= 0.3 is 6.09 Å². The number of ether oxygens (including phenoxy) is 1. The molecule has 0 aromatic carbocycles. The van der Waals surface area contributed by atoms with E-state index in [0.717, 1.165) is 36.3 Å². The Morgan fingerprint density at radius 3 is 2.82 bits per heavy atom. The number of carbonyl (C=O) groups is 1. The van der Waals surface area contributed by atoms with Crippen LogP contribution in [0.1, 0.15) is 27.2 Å². The first kappa shape index (κ1) is 17.1. The Hall–Kier alpha value is -1.30. The second kappa shape index (κ2) is 6.86. The van der Waals surface area contributed by atoms with Gasteiger partial charge in [-0.05, 0) is 61.2 Å². The van der Waals surface area contributed by atoms with Crippen molar-refractivity contribution >= 4 is 27.8 Å². The Bertz CT molecular complexity index is 513. The Kier molecular flexibility index (Phi) is 5.32. The zero-order chi connectivity index (χ0) is 16.3. The second-order valence-corrected chi connectivity index (χ2v) is 7.71. The van der Waals surface area contributed by atoms with Crippen LogP contribution in [-0.4, -0.2) is 48.3 Å². The quantitative estimate of drug-likeness (QED) is 0.817. The number of halogens is 1. The number of pyridine rings is 1. The molecule has 0 aliphatic carbocycles. The molecule has 2 rings (SSSR count). The molecule has 0 radical (unpaired) electrons. The van der Waals surface area contributed by atoms with E-state index < -0.39 is 5.60 Å². The van der Waals surface area contributed by atoms with Crippen LogP contribution in [0.2, 0.25) is 0 Å². The number of rotatable bonds is 3. The van der Waals surface area contributed by atoms with Crippen LogP contribution in [0.15, 0.2) is 22.8 Å². The first-order valence-corrected chi connectivity index (χ1v) is 8.34. The summed E-state index contributed by atoms with van der Waals surface area (Å²) in [6, 6.07) is 3.98. The Morgan fingerprint density at radius 1 is 1.50 bits per heavy atom. The van der Waals surface area contributed by atoms with Crippen LogP contribution in [0.3, 0.4) is 0 Å². The van der Waals surface area contributed by atoms with Gasteiger partial charge in [0.15, 0.2) is 0 Å². The Balaban J connectivity index is 1.85. The minimum absolute atomic E-state index is 0.209. The van der Waals surface area contributed by atoms with Gasteiger partial charge in [-0.3, -0.25) is 0 Å². The molecule has 1 atom stereocenters. The lowest BCUT2D eigenvalue weighted by Crippen LogP contribution is -2.36. The first-order valence-electron chi connectivity index (χ1n) is 7.55. The van der Waals surface area contributed by atoms with Crippen LogP contribution in [-0.2, 0) is 4.74 Å². The van der Waals surface area contributed by atoms with Gasteiger partial charge in [0.05, 0.1) is 0 Å². The fourth-order valence-electron chi connectivity index (χ4n) is 2.55. The van der Waals surface area contributed by atoms with Crippen molar-refractivity contribution in [1.29, 1.82) is 0 Å². The van der Waals surface area contributed by atoms with Crippen LogP contribution in [0, 0.1) is 5.92 Å². The monoisotopic (exact) mass is 369 g/mol. The fourth-order valence-corrected chi connectivity index (χ4v) is 2.78. The normalized spacial score (nSPS) is 18.4. The number of nitrogens with zero attached hydrogens (tertiary/aromatic N) is 3. The summed E-state index contributed by atoms with van der Waals surface area (Å²) < 4.78 is 6.40. The fraction of sp³-hybridized carbons (Fsp3) is 0.625. The number of hydrogen-bond donors (Lipinski definition) is 0. The zero-order valence-corrected chi connectivity index (χ0v) is 15.3. The average molecular weight is 370 g/mol. The van der Waals surface area contributed by atoms with Gasteiger partial charge in [-0.1, -0.05) is 0 Å². The third kappa shape index (κ3) is 4.87. The highest BCUT2D eigenvalue weighted by Gasteiger charge is 2.30. The minimum Gasteiger partial charge on any atom is -0.444 e. The maximum Gasteiger partial charge on any atom is 0.410 e. The molecule has 6 heteroatoms. The molecule has 2 heterocycles. The van der Waals surface area contributed by atoms with E-state index in [0.29, 0.717) is 5.92 Å². The number of amides is 1. The van der Waals surface area contributed by atoms with Gasteiger partial charge in [0.2, 0.25) is 0 Å². The first-order chi connectivity index (χ1) is 10.2. The molecule has 1 aromatic rings. The smallest absolute Gasteiger partial charge is 0.410 e. The van der Waals surface area contributed by atoms with Crippen molar-refractivity contribution in [2.75, 3.05) is 31.6 Å². The molecule has 1 amide bonds. The standard InChI is InChI=1S/C16H24BrN3O2/c1-16(2,3)22-15(21)20-8-7-12(11-20)10-19(4)14-6-5-13(17)9-18-14/h5-6,9,12H,7-8,10-11H2,1-4H3/t12-/m1/s1. The number of anilines is 1. The van der Waals surface area contributed by atoms with Crippen molar-refractivity contribution in [2.24, 2.45) is 5.92 Å². The third-order valence-corrected chi connectivity index (χ3v) is 4.04. The van der Waals surface area contributed by atoms with E-state index in [9.17, 15) is 4.79 Å². The number of carbonyl (C=O) groups excluding carboxylic acids is 1. The highest BCUT2D eigenvalue weighted by Crippen LogP contribution is 2.22. The summed E-state index contributed by atoms with van der Waals surface area (Å²) in [5.41, 5.74) is -0.437. The van der Waals surface area contributed by atoms with Crippen molar-refractivity contribution < 1.29 is 9.53 Å². The van der Waals surface area contributed by atoms with E-state index >= 15 is 0 Å². The van der Waals surface area contributed by atoms with Crippen molar-refractivity contribution in [2.45, 2.75) is 32.8 Å². The topological polar surface area (TPSA) is 45.7 Å². The van der Waals surface area contributed by atoms with E-state index in [4.69, 9.17) is 4.74 Å². The summed E-state index contributed by atoms with van der Waals surface area (Å²) in [5, 5.41) is 0. The van der Waals surface area contributed by atoms with E-state index in [-0.39, 0.29) is 6.09 Å². The molecule has 0 N–H and O–H groups in total. The predicted molar refractivity (Wildman–Crippen MR) is 91.1 cm³/mol. The van der Waals surface area contributed by atoms with E-state index in [1.54, 1.807) is 11.1 Å². The van der Waals surface area contributed by atoms with Crippen molar-refractivity contribution in [3.63, 3.8) is 0 Å². The molecule has 122 valence electrons. The summed E-state index contributed by atoms with van der Waals surface area (Å²) in [7, 11) is 2.03. The Morgan fingerprint density at radius 2 is 2.23 bits per heavy atom. The van der Waals surface area contributed by atoms with Gasteiger partial charge in [-0.15, -0.1) is 0 Å². The van der Waals surface area contributed by atoms with Crippen LogP contribution >= 0.6 is 15.9 Å². The Labute approximate surface area is 140 Å². The maximum atomic E-state index is 12.1. The van der Waals surface area contributed by atoms with Crippen molar-refractivity contribution in [1.82, 2.24) is 9.88 Å². The van der Waals surface area contributed by atoms with Crippen LogP contribution in [0.25, 0.3) is 0 Å². The van der Waals surface area contributed by atoms with Gasteiger partial charge in [0, 0.05) is 37.4 Å². The van der Waals surface area contributed by atoms with Crippen LogP contribution in [0.5, 0.6) is 0 Å². The molecular formula is C16H24BrN3O2. The molecule has 1 saturated heterocycles. The van der Waals surface area contributed by atoms with E-state index in [1.807, 2.05) is 40.0 Å². The molecule has 1 fully saturated rings. The maximum absolute atomic E-state index is 12.1. The molecule has 0 spiro atoms. The van der Waals surface area contributed by atoms with Crippen molar-refractivity contribution in [3.8, 4) is 0 Å².